The molecule has 0 unspecified atom stereocenters. The third kappa shape index (κ3) is 4.10. The lowest BCUT2D eigenvalue weighted by Gasteiger charge is -1.54. The van der Waals surface area contributed by atoms with Gasteiger partial charge in [-0.2, -0.15) is 0 Å². The number of rotatable bonds is 1. The summed E-state index contributed by atoms with van der Waals surface area (Å²) < 4.78 is 28.8. The average molecular weight is 114 g/mol. The van der Waals surface area contributed by atoms with Gasteiger partial charge in [0.2, 0.25) is 0 Å². The van der Waals surface area contributed by atoms with Crippen LogP contribution in [0.1, 0.15) is 0 Å². The van der Waals surface area contributed by atoms with E-state index < -0.39 is 19.2 Å². The van der Waals surface area contributed by atoms with E-state index >= 15 is 0 Å². The van der Waals surface area contributed by atoms with E-state index in [2.05, 4.69) is 0 Å². The van der Waals surface area contributed by atoms with Crippen molar-refractivity contribution in [3.63, 3.8) is 0 Å². The standard InChI is InChI=1S/FH3O2SSi/c1-5-4(2)3/h4H,5H2. The summed E-state index contributed by atoms with van der Waals surface area (Å²) in [6, 6.07) is 0. The minimum atomic E-state index is -2.63. The molecule has 0 heterocycles. The summed E-state index contributed by atoms with van der Waals surface area (Å²) in [5.41, 5.74) is 0. The van der Waals surface area contributed by atoms with Crippen LogP contribution < -0.4 is 0 Å². The highest BCUT2D eigenvalue weighted by atomic mass is 32.4. The van der Waals surface area contributed by atoms with E-state index in [4.69, 9.17) is 8.42 Å². The Bertz CT molecular complexity index is 67.7. The number of hydrogen-bond donors (Lipinski definition) is 1. The molecule has 0 rings (SSSR count). The third-order valence-corrected chi connectivity index (χ3v) is 0.878. The molecular weight excluding hydrogens is 111 g/mol. The smallest absolute Gasteiger partial charge is 0.303 e. The van der Waals surface area contributed by atoms with Crippen LogP contribution in [0.5, 0.6) is 0 Å². The predicted octanol–water partition coefficient (Wildman–Crippen LogP) is -1.43. The minimum absolute atomic E-state index is 2.20. The molecule has 32 valence electrons. The van der Waals surface area contributed by atoms with E-state index in [0.717, 1.165) is 0 Å². The van der Waals surface area contributed by atoms with E-state index in [1.165, 1.54) is 0 Å². The van der Waals surface area contributed by atoms with Gasteiger partial charge < -0.3 is 4.11 Å². The van der Waals surface area contributed by atoms with Crippen molar-refractivity contribution in [1.82, 2.24) is 0 Å². The van der Waals surface area contributed by atoms with Gasteiger partial charge in [-0.25, -0.2) is 8.42 Å². The van der Waals surface area contributed by atoms with Gasteiger partial charge in [-0.05, 0) is 0 Å². The van der Waals surface area contributed by atoms with Crippen LogP contribution in [0.2, 0.25) is 0 Å². The van der Waals surface area contributed by atoms with Crippen molar-refractivity contribution in [3.05, 3.63) is 0 Å². The van der Waals surface area contributed by atoms with E-state index in [1.54, 1.807) is 0 Å². The van der Waals surface area contributed by atoms with Gasteiger partial charge in [0.1, 0.15) is 10.2 Å². The molecule has 0 aromatic carbocycles. The second-order valence-corrected chi connectivity index (χ2v) is 3.62. The molecule has 0 fully saturated rings. The zero-order valence-electron chi connectivity index (χ0n) is 2.35. The number of hydrogen-bond acceptors (Lipinski definition) is 2. The van der Waals surface area contributed by atoms with Gasteiger partial charge in [-0.15, -0.1) is 0 Å². The van der Waals surface area contributed by atoms with Crippen LogP contribution in [0.25, 0.3) is 0 Å². The van der Waals surface area contributed by atoms with Crippen LogP contribution in [-0.2, 0) is 10.2 Å². The van der Waals surface area contributed by atoms with Crippen molar-refractivity contribution >= 4 is 19.2 Å². The molecule has 0 N–H and O–H groups in total. The summed E-state index contributed by atoms with van der Waals surface area (Å²) in [5, 5.41) is 0. The molecule has 0 bridgehead atoms. The first-order chi connectivity index (χ1) is 2.27. The van der Waals surface area contributed by atoms with Gasteiger partial charge in [0.05, 0.1) is 0 Å². The molecule has 0 amide bonds. The van der Waals surface area contributed by atoms with Crippen LogP contribution in [0, 0.1) is 0 Å². The number of halogens is 1. The van der Waals surface area contributed by atoms with E-state index in [1.807, 2.05) is 0 Å². The molecule has 0 aliphatic rings. The highest BCUT2D eigenvalue weighted by molar-refractivity contribution is 7.98. The van der Waals surface area contributed by atoms with Gasteiger partial charge in [-0.1, -0.05) is 0 Å². The maximum absolute atomic E-state index is 10.7. The van der Waals surface area contributed by atoms with Crippen LogP contribution in [0.15, 0.2) is 0 Å². The van der Waals surface area contributed by atoms with Crippen molar-refractivity contribution in [1.29, 1.82) is 0 Å². The lowest BCUT2D eigenvalue weighted by molar-refractivity contribution is 0.622. The first-order valence-corrected chi connectivity index (χ1v) is 4.74. The summed E-state index contributed by atoms with van der Waals surface area (Å²) in [5.74, 6) is 0. The Morgan fingerprint density at radius 2 is 1.80 bits per heavy atom. The molecule has 0 aromatic rings. The SMILES string of the molecule is O=[SH](=O)[SiH2]F. The van der Waals surface area contributed by atoms with Gasteiger partial charge in [-0.3, -0.25) is 0 Å². The molecule has 0 radical (unpaired) electrons. The largest absolute Gasteiger partial charge is 0.345 e. The molecular formula is H3FO2SSi. The molecule has 5 heteroatoms. The lowest BCUT2D eigenvalue weighted by atomic mass is 15.9. The van der Waals surface area contributed by atoms with Crippen molar-refractivity contribution in [3.8, 4) is 0 Å². The van der Waals surface area contributed by atoms with E-state index in [0.29, 0.717) is 0 Å². The van der Waals surface area contributed by atoms with Gasteiger partial charge in [0.15, 0.2) is 0 Å². The zero-order chi connectivity index (χ0) is 4.28. The fourth-order valence-electron chi connectivity index (χ4n) is 0. The van der Waals surface area contributed by atoms with Crippen LogP contribution >= 0.6 is 0 Å². The Morgan fingerprint density at radius 1 is 1.60 bits per heavy atom. The van der Waals surface area contributed by atoms with Crippen molar-refractivity contribution in [2.75, 3.05) is 0 Å². The van der Waals surface area contributed by atoms with Crippen LogP contribution in [-0.4, -0.2) is 17.4 Å². The van der Waals surface area contributed by atoms with Crippen molar-refractivity contribution in [2.24, 2.45) is 0 Å². The predicted molar refractivity (Wildman–Crippen MR) is 20.0 cm³/mol. The van der Waals surface area contributed by atoms with Crippen LogP contribution in [0.4, 0.5) is 4.11 Å². The van der Waals surface area contributed by atoms with Crippen molar-refractivity contribution < 1.29 is 12.5 Å². The topological polar surface area (TPSA) is 34.1 Å². The summed E-state index contributed by atoms with van der Waals surface area (Å²) in [6.07, 6.45) is 0. The Morgan fingerprint density at radius 3 is 1.80 bits per heavy atom. The first kappa shape index (κ1) is 5.10. The first-order valence-electron chi connectivity index (χ1n) is 0.949. The molecule has 0 saturated heterocycles. The normalized spacial score (nSPS) is 11.6. The third-order valence-electron chi connectivity index (χ3n) is 0.0976. The molecule has 2 nitrogen and oxygen atoms in total. The van der Waals surface area contributed by atoms with E-state index in [9.17, 15) is 4.11 Å². The maximum Gasteiger partial charge on any atom is 0.345 e. The zero-order valence-corrected chi connectivity index (χ0v) is 4.66. The molecule has 0 saturated carbocycles. The number of thiol groups is 1. The Labute approximate surface area is 32.6 Å². The molecule has 0 aromatic heterocycles. The fraction of sp³-hybridized carbons (Fsp3) is 0. The lowest BCUT2D eigenvalue weighted by Crippen LogP contribution is -1.77. The second kappa shape index (κ2) is 2.34. The minimum Gasteiger partial charge on any atom is -0.303 e. The van der Waals surface area contributed by atoms with Gasteiger partial charge >= 0.3 is 9.00 Å². The fourth-order valence-corrected chi connectivity index (χ4v) is 0. The maximum atomic E-state index is 10.7. The van der Waals surface area contributed by atoms with E-state index in [-0.39, 0.29) is 0 Å². The molecule has 0 aliphatic heterocycles. The average Bonchev–Trinajstić information content (AvgIpc) is 1.38. The summed E-state index contributed by atoms with van der Waals surface area (Å²) in [6.45, 7) is 0. The monoisotopic (exact) mass is 114 g/mol. The molecule has 5 heavy (non-hydrogen) atoms. The Balaban J connectivity index is 3.23. The van der Waals surface area contributed by atoms with Crippen LogP contribution in [0.3, 0.4) is 0 Å². The summed E-state index contributed by atoms with van der Waals surface area (Å²) >= 11 is 0. The summed E-state index contributed by atoms with van der Waals surface area (Å²) in [4.78, 5) is 0. The van der Waals surface area contributed by atoms with Crippen molar-refractivity contribution in [2.45, 2.75) is 0 Å². The molecule has 0 atom stereocenters. The Kier molecular flexibility index (Phi) is 2.39. The summed E-state index contributed by atoms with van der Waals surface area (Å²) in [7, 11) is -4.82. The second-order valence-electron chi connectivity index (χ2n) is 0.452. The molecule has 0 spiro atoms. The molecule has 0 aliphatic carbocycles. The highest BCUT2D eigenvalue weighted by Crippen LogP contribution is 1.53. The van der Waals surface area contributed by atoms with Gasteiger partial charge in [0, 0.05) is 0 Å². The van der Waals surface area contributed by atoms with Gasteiger partial charge in [0.25, 0.3) is 0 Å². The highest BCUT2D eigenvalue weighted by Gasteiger charge is 1.74. The quantitative estimate of drug-likeness (QED) is 0.257. The Hall–Kier alpha value is 0.0969.